The highest BCUT2D eigenvalue weighted by Crippen LogP contribution is 2.43. The normalized spacial score (nSPS) is 23.1. The van der Waals surface area contributed by atoms with Gasteiger partial charge in [-0.3, -0.25) is 9.59 Å². The van der Waals surface area contributed by atoms with E-state index in [9.17, 15) is 14.7 Å². The summed E-state index contributed by atoms with van der Waals surface area (Å²) < 4.78 is 5.53. The Hall–Kier alpha value is -2.53. The van der Waals surface area contributed by atoms with Gasteiger partial charge in [0.2, 0.25) is 0 Å². The number of benzene rings is 1. The van der Waals surface area contributed by atoms with Gasteiger partial charge in [-0.15, -0.1) is 0 Å². The minimum Gasteiger partial charge on any atom is -0.507 e. The van der Waals surface area contributed by atoms with Gasteiger partial charge in [-0.1, -0.05) is 24.4 Å². The van der Waals surface area contributed by atoms with E-state index in [1.165, 1.54) is 6.26 Å². The number of ketones is 1. The van der Waals surface area contributed by atoms with Crippen LogP contribution in [-0.2, 0) is 9.59 Å². The second-order valence-electron chi connectivity index (χ2n) is 6.67. The molecule has 1 aliphatic carbocycles. The van der Waals surface area contributed by atoms with Gasteiger partial charge in [0.15, 0.2) is 0 Å². The molecule has 6 heteroatoms. The highest BCUT2D eigenvalue weighted by Gasteiger charge is 2.50. The maximum Gasteiger partial charge on any atom is 0.296 e. The van der Waals surface area contributed by atoms with Crippen molar-refractivity contribution >= 4 is 29.1 Å². The van der Waals surface area contributed by atoms with Gasteiger partial charge in [-0.25, -0.2) is 0 Å². The molecule has 1 aromatic heterocycles. The average Bonchev–Trinajstić information content (AvgIpc) is 3.37. The Morgan fingerprint density at radius 2 is 1.81 bits per heavy atom. The van der Waals surface area contributed by atoms with Crippen LogP contribution in [0.4, 0.5) is 0 Å². The van der Waals surface area contributed by atoms with Crippen molar-refractivity contribution in [1.29, 1.82) is 0 Å². The molecule has 0 bridgehead atoms. The number of rotatable bonds is 3. The molecule has 1 saturated heterocycles. The van der Waals surface area contributed by atoms with Crippen LogP contribution in [0.15, 0.2) is 52.7 Å². The number of carbonyl (C=O) groups excluding carboxylic acids is 2. The van der Waals surface area contributed by atoms with Crippen molar-refractivity contribution in [3.63, 3.8) is 0 Å². The Kier molecular flexibility index (Phi) is 4.32. The van der Waals surface area contributed by atoms with Gasteiger partial charge in [-0.05, 0) is 49.2 Å². The van der Waals surface area contributed by atoms with Crippen LogP contribution >= 0.6 is 11.6 Å². The van der Waals surface area contributed by atoms with Gasteiger partial charge < -0.3 is 14.4 Å². The number of hydrogen-bond acceptors (Lipinski definition) is 4. The quantitative estimate of drug-likeness (QED) is 0.496. The average molecular weight is 372 g/mol. The van der Waals surface area contributed by atoms with Crippen LogP contribution in [0, 0.1) is 0 Å². The summed E-state index contributed by atoms with van der Waals surface area (Å²) in [6, 6.07) is 9.23. The zero-order valence-electron chi connectivity index (χ0n) is 14.0. The van der Waals surface area contributed by atoms with Crippen molar-refractivity contribution in [3.05, 3.63) is 64.6 Å². The number of carbonyl (C=O) groups is 2. The Labute approximate surface area is 155 Å². The standard InChI is InChI=1S/C20H18ClNO4/c21-13-9-7-12(8-10-13)18(23)16-17(15-6-3-11-26-15)22(20(25)19(16)24)14-4-1-2-5-14/h3,6-11,14,17,23H,1-2,4-5H2/b18-16-. The van der Waals surface area contributed by atoms with Crippen molar-refractivity contribution < 1.29 is 19.1 Å². The van der Waals surface area contributed by atoms with Gasteiger partial charge in [0.25, 0.3) is 11.7 Å². The van der Waals surface area contributed by atoms with E-state index < -0.39 is 17.7 Å². The van der Waals surface area contributed by atoms with Crippen LogP contribution in [0.5, 0.6) is 0 Å². The first-order valence-corrected chi connectivity index (χ1v) is 9.05. The summed E-state index contributed by atoms with van der Waals surface area (Å²) in [6.07, 6.45) is 5.26. The van der Waals surface area contributed by atoms with E-state index >= 15 is 0 Å². The number of amides is 1. The smallest absolute Gasteiger partial charge is 0.296 e. The summed E-state index contributed by atoms with van der Waals surface area (Å²) in [5.41, 5.74) is 0.509. The molecule has 2 aromatic rings. The number of halogens is 1. The van der Waals surface area contributed by atoms with E-state index in [1.54, 1.807) is 41.3 Å². The Morgan fingerprint density at radius 3 is 2.42 bits per heavy atom. The fourth-order valence-electron chi connectivity index (χ4n) is 3.90. The number of furan rings is 1. The van der Waals surface area contributed by atoms with Gasteiger partial charge in [0, 0.05) is 16.6 Å². The van der Waals surface area contributed by atoms with Crippen molar-refractivity contribution in [2.24, 2.45) is 0 Å². The molecule has 0 spiro atoms. The van der Waals surface area contributed by atoms with Crippen molar-refractivity contribution in [2.45, 2.75) is 37.8 Å². The molecule has 1 N–H and O–H groups in total. The van der Waals surface area contributed by atoms with E-state index in [2.05, 4.69) is 0 Å². The van der Waals surface area contributed by atoms with Crippen LogP contribution in [0.1, 0.15) is 43.0 Å². The number of Topliss-reactive ketones (excluding diaryl/α,β-unsaturated/α-hetero) is 1. The topological polar surface area (TPSA) is 70.8 Å². The number of aliphatic hydroxyl groups excluding tert-OH is 1. The number of nitrogens with zero attached hydrogens (tertiary/aromatic N) is 1. The lowest BCUT2D eigenvalue weighted by molar-refractivity contribution is -0.141. The maximum absolute atomic E-state index is 12.8. The van der Waals surface area contributed by atoms with Crippen LogP contribution in [0.25, 0.3) is 5.76 Å². The molecule has 26 heavy (non-hydrogen) atoms. The lowest BCUT2D eigenvalue weighted by Gasteiger charge is -2.29. The van der Waals surface area contributed by atoms with Crippen LogP contribution in [0.3, 0.4) is 0 Å². The predicted molar refractivity (Wildman–Crippen MR) is 96.6 cm³/mol. The SMILES string of the molecule is O=C1C(=O)N(C2CCCC2)C(c2ccco2)/C1=C(/O)c1ccc(Cl)cc1. The largest absolute Gasteiger partial charge is 0.507 e. The van der Waals surface area contributed by atoms with E-state index in [4.69, 9.17) is 16.0 Å². The predicted octanol–water partition coefficient (Wildman–Crippen LogP) is 4.30. The molecule has 1 atom stereocenters. The van der Waals surface area contributed by atoms with Gasteiger partial charge in [0.05, 0.1) is 11.8 Å². The first kappa shape index (κ1) is 16.9. The summed E-state index contributed by atoms with van der Waals surface area (Å²) in [5.74, 6) is -0.979. The molecule has 1 unspecified atom stereocenters. The van der Waals surface area contributed by atoms with E-state index in [0.29, 0.717) is 16.3 Å². The number of hydrogen-bond donors (Lipinski definition) is 1. The summed E-state index contributed by atoms with van der Waals surface area (Å²) >= 11 is 5.91. The zero-order chi connectivity index (χ0) is 18.3. The van der Waals surface area contributed by atoms with Crippen molar-refractivity contribution in [3.8, 4) is 0 Å². The van der Waals surface area contributed by atoms with E-state index in [-0.39, 0.29) is 17.4 Å². The number of aliphatic hydroxyl groups is 1. The molecule has 4 rings (SSSR count). The molecular weight excluding hydrogens is 354 g/mol. The lowest BCUT2D eigenvalue weighted by Crippen LogP contribution is -2.37. The van der Waals surface area contributed by atoms with Gasteiger partial charge in [0.1, 0.15) is 17.6 Å². The highest BCUT2D eigenvalue weighted by molar-refractivity contribution is 6.46. The number of likely N-dealkylation sites (tertiary alicyclic amines) is 1. The molecule has 134 valence electrons. The third-order valence-electron chi connectivity index (χ3n) is 5.13. The molecule has 1 saturated carbocycles. The zero-order valence-corrected chi connectivity index (χ0v) is 14.8. The Balaban J connectivity index is 1.86. The second-order valence-corrected chi connectivity index (χ2v) is 7.10. The molecular formula is C20H18ClNO4. The molecule has 0 radical (unpaired) electrons. The summed E-state index contributed by atoms with van der Waals surface area (Å²) in [4.78, 5) is 27.1. The maximum atomic E-state index is 12.8. The molecule has 2 heterocycles. The van der Waals surface area contributed by atoms with Crippen molar-refractivity contribution in [2.75, 3.05) is 0 Å². The molecule has 1 amide bonds. The fraction of sp³-hybridized carbons (Fsp3) is 0.300. The highest BCUT2D eigenvalue weighted by atomic mass is 35.5. The van der Waals surface area contributed by atoms with Gasteiger partial charge >= 0.3 is 0 Å². The molecule has 1 aliphatic heterocycles. The van der Waals surface area contributed by atoms with E-state index in [1.807, 2.05) is 0 Å². The van der Waals surface area contributed by atoms with E-state index in [0.717, 1.165) is 25.7 Å². The monoisotopic (exact) mass is 371 g/mol. The Bertz CT molecular complexity index is 864. The summed E-state index contributed by atoms with van der Waals surface area (Å²) in [5, 5.41) is 11.3. The molecule has 2 fully saturated rings. The fourth-order valence-corrected chi connectivity index (χ4v) is 4.02. The van der Waals surface area contributed by atoms with Gasteiger partial charge in [-0.2, -0.15) is 0 Å². The molecule has 5 nitrogen and oxygen atoms in total. The molecule has 1 aromatic carbocycles. The molecule has 2 aliphatic rings. The van der Waals surface area contributed by atoms with Crippen LogP contribution in [-0.4, -0.2) is 27.7 Å². The Morgan fingerprint density at radius 1 is 1.12 bits per heavy atom. The lowest BCUT2D eigenvalue weighted by atomic mass is 9.99. The second kappa shape index (κ2) is 6.65. The van der Waals surface area contributed by atoms with Crippen molar-refractivity contribution in [1.82, 2.24) is 4.90 Å². The first-order valence-electron chi connectivity index (χ1n) is 8.67. The summed E-state index contributed by atoms with van der Waals surface area (Å²) in [7, 11) is 0. The van der Waals surface area contributed by atoms with Crippen LogP contribution in [0.2, 0.25) is 5.02 Å². The third-order valence-corrected chi connectivity index (χ3v) is 5.38. The summed E-state index contributed by atoms with van der Waals surface area (Å²) in [6.45, 7) is 0. The minimum atomic E-state index is -0.705. The first-order chi connectivity index (χ1) is 12.6. The minimum absolute atomic E-state index is 0.0166. The third kappa shape index (κ3) is 2.72. The van der Waals surface area contributed by atoms with Crippen LogP contribution < -0.4 is 0 Å².